The molecule has 2 aromatic rings. The van der Waals surface area contributed by atoms with Crippen molar-refractivity contribution in [2.45, 2.75) is 51.0 Å². The van der Waals surface area contributed by atoms with Gasteiger partial charge in [-0.2, -0.15) is 0 Å². The van der Waals surface area contributed by atoms with Gasteiger partial charge in [-0.3, -0.25) is 9.59 Å². The van der Waals surface area contributed by atoms with Crippen molar-refractivity contribution < 1.29 is 19.4 Å². The van der Waals surface area contributed by atoms with E-state index in [1.165, 1.54) is 5.56 Å². The van der Waals surface area contributed by atoms with E-state index in [0.29, 0.717) is 25.6 Å². The van der Waals surface area contributed by atoms with E-state index in [9.17, 15) is 14.7 Å². The molecule has 0 aliphatic carbocycles. The van der Waals surface area contributed by atoms with Crippen LogP contribution in [0.5, 0.6) is 5.88 Å². The van der Waals surface area contributed by atoms with Gasteiger partial charge in [0.1, 0.15) is 12.4 Å². The zero-order valence-electron chi connectivity index (χ0n) is 19.3. The number of aliphatic carboxylic acids is 1. The highest BCUT2D eigenvalue weighted by Crippen LogP contribution is 2.36. The molecule has 0 radical (unpaired) electrons. The van der Waals surface area contributed by atoms with Crippen molar-refractivity contribution >= 4 is 23.4 Å². The normalized spacial score (nSPS) is 19.9. The zero-order valence-corrected chi connectivity index (χ0v) is 19.3. The largest absolute Gasteiger partial charge is 0.481 e. The van der Waals surface area contributed by atoms with E-state index in [1.54, 1.807) is 11.1 Å². The molecule has 5 heterocycles. The van der Waals surface area contributed by atoms with Crippen LogP contribution in [0.3, 0.4) is 0 Å². The number of ether oxygens (including phenoxy) is 1. The lowest BCUT2D eigenvalue weighted by Gasteiger charge is -2.28. The van der Waals surface area contributed by atoms with E-state index in [2.05, 4.69) is 27.8 Å². The molecule has 0 spiro atoms. The molecule has 1 amide bonds. The van der Waals surface area contributed by atoms with Crippen molar-refractivity contribution in [2.75, 3.05) is 36.9 Å². The van der Waals surface area contributed by atoms with Crippen LogP contribution in [0.1, 0.15) is 55.0 Å². The van der Waals surface area contributed by atoms with Crippen LogP contribution in [-0.4, -0.2) is 58.1 Å². The lowest BCUT2D eigenvalue weighted by molar-refractivity contribution is -0.140. The first-order chi connectivity index (χ1) is 16.6. The van der Waals surface area contributed by atoms with Crippen LogP contribution in [0.2, 0.25) is 0 Å². The predicted octanol–water partition coefficient (Wildman–Crippen LogP) is 3.03. The average molecular weight is 466 g/mol. The van der Waals surface area contributed by atoms with Crippen molar-refractivity contribution in [3.63, 3.8) is 0 Å². The Hall–Kier alpha value is -3.36. The minimum Gasteiger partial charge on any atom is -0.481 e. The summed E-state index contributed by atoms with van der Waals surface area (Å²) in [5.74, 6) is 0.533. The number of rotatable bonds is 8. The summed E-state index contributed by atoms with van der Waals surface area (Å²) in [6.45, 7) is 2.74. The van der Waals surface area contributed by atoms with Gasteiger partial charge >= 0.3 is 5.97 Å². The molecule has 2 atom stereocenters. The standard InChI is InChI=1S/C25H31N5O4/c31-22(32)14-21(18-13-20-24(28-15-18)34-12-10-26-20)30-11-8-17(25(30)33)3-1-5-19-7-6-16-4-2-9-27-23(16)29-19/h6-7,13,15,17,21,26H,1-5,8-12,14H2,(H,27,29)(H,31,32). The lowest BCUT2D eigenvalue weighted by atomic mass is 9.98. The molecule has 180 valence electrons. The molecule has 1 fully saturated rings. The van der Waals surface area contributed by atoms with Crippen molar-refractivity contribution in [2.24, 2.45) is 5.92 Å². The number of aromatic nitrogens is 2. The topological polar surface area (TPSA) is 117 Å². The van der Waals surface area contributed by atoms with Gasteiger partial charge in [0, 0.05) is 37.4 Å². The number of carbonyl (C=O) groups is 2. The van der Waals surface area contributed by atoms with Crippen LogP contribution in [0, 0.1) is 5.92 Å². The molecule has 5 rings (SSSR count). The van der Waals surface area contributed by atoms with Crippen molar-refractivity contribution in [1.29, 1.82) is 0 Å². The zero-order chi connectivity index (χ0) is 23.5. The Morgan fingerprint density at radius 2 is 2.21 bits per heavy atom. The van der Waals surface area contributed by atoms with Crippen molar-refractivity contribution in [1.82, 2.24) is 14.9 Å². The number of nitrogens with zero attached hydrogens (tertiary/aromatic N) is 3. The third kappa shape index (κ3) is 4.78. The molecule has 0 saturated carbocycles. The SMILES string of the molecule is O=C(O)CC(c1cnc2c(c1)NCCO2)N1CCC(CCCc2ccc3c(n2)NCCC3)C1=O. The minimum atomic E-state index is -0.935. The molecule has 9 nitrogen and oxygen atoms in total. The second kappa shape index (κ2) is 9.87. The number of carboxylic acids is 1. The van der Waals surface area contributed by atoms with Crippen LogP contribution >= 0.6 is 0 Å². The predicted molar refractivity (Wildman–Crippen MR) is 127 cm³/mol. The summed E-state index contributed by atoms with van der Waals surface area (Å²) in [5.41, 5.74) is 3.79. The summed E-state index contributed by atoms with van der Waals surface area (Å²) in [5, 5.41) is 16.1. The van der Waals surface area contributed by atoms with Gasteiger partial charge in [-0.1, -0.05) is 6.07 Å². The number of hydrogen-bond acceptors (Lipinski definition) is 7. The van der Waals surface area contributed by atoms with Crippen LogP contribution in [0.4, 0.5) is 11.5 Å². The first-order valence-electron chi connectivity index (χ1n) is 12.2. The highest BCUT2D eigenvalue weighted by Gasteiger charge is 2.37. The first-order valence-corrected chi connectivity index (χ1v) is 12.2. The fraction of sp³-hybridized carbons (Fsp3) is 0.520. The number of amides is 1. The van der Waals surface area contributed by atoms with Gasteiger partial charge in [-0.15, -0.1) is 0 Å². The maximum Gasteiger partial charge on any atom is 0.305 e. The highest BCUT2D eigenvalue weighted by atomic mass is 16.5. The summed E-state index contributed by atoms with van der Waals surface area (Å²) in [4.78, 5) is 35.7. The Labute approximate surface area is 198 Å². The molecule has 0 bridgehead atoms. The van der Waals surface area contributed by atoms with Crippen LogP contribution < -0.4 is 15.4 Å². The minimum absolute atomic E-state index is 0.0354. The Bertz CT molecular complexity index is 1080. The van der Waals surface area contributed by atoms with Gasteiger partial charge in [0.2, 0.25) is 11.8 Å². The molecule has 3 aliphatic heterocycles. The van der Waals surface area contributed by atoms with E-state index in [1.807, 2.05) is 6.07 Å². The van der Waals surface area contributed by atoms with Gasteiger partial charge in [0.25, 0.3) is 0 Å². The number of carbonyl (C=O) groups excluding carboxylic acids is 1. The van der Waals surface area contributed by atoms with Gasteiger partial charge in [-0.25, -0.2) is 9.97 Å². The van der Waals surface area contributed by atoms with E-state index < -0.39 is 12.0 Å². The molecule has 2 aromatic heterocycles. The van der Waals surface area contributed by atoms with Crippen LogP contribution in [-0.2, 0) is 22.4 Å². The summed E-state index contributed by atoms with van der Waals surface area (Å²) in [6.07, 6.45) is 6.93. The number of nitrogens with one attached hydrogen (secondary N) is 2. The molecular weight excluding hydrogens is 434 g/mol. The van der Waals surface area contributed by atoms with Crippen LogP contribution in [0.15, 0.2) is 24.4 Å². The number of hydrogen-bond donors (Lipinski definition) is 3. The summed E-state index contributed by atoms with van der Waals surface area (Å²) < 4.78 is 5.53. The van der Waals surface area contributed by atoms with E-state index in [-0.39, 0.29) is 18.2 Å². The first kappa shape index (κ1) is 22.4. The molecule has 3 N–H and O–H groups in total. The maximum atomic E-state index is 13.3. The number of pyridine rings is 2. The van der Waals surface area contributed by atoms with Gasteiger partial charge in [0.05, 0.1) is 18.2 Å². The molecule has 34 heavy (non-hydrogen) atoms. The monoisotopic (exact) mass is 465 g/mol. The second-order valence-corrected chi connectivity index (χ2v) is 9.26. The summed E-state index contributed by atoms with van der Waals surface area (Å²) >= 11 is 0. The number of anilines is 2. The lowest BCUT2D eigenvalue weighted by Crippen LogP contribution is -2.33. The fourth-order valence-electron chi connectivity index (χ4n) is 5.18. The van der Waals surface area contributed by atoms with Crippen molar-refractivity contribution in [3.05, 3.63) is 41.2 Å². The van der Waals surface area contributed by atoms with Crippen molar-refractivity contribution in [3.8, 4) is 5.88 Å². The molecule has 0 aromatic carbocycles. The Morgan fingerprint density at radius 1 is 1.29 bits per heavy atom. The van der Waals surface area contributed by atoms with Gasteiger partial charge in [-0.05, 0) is 61.8 Å². The molecule has 2 unspecified atom stereocenters. The van der Waals surface area contributed by atoms with E-state index in [0.717, 1.165) is 67.8 Å². The Morgan fingerprint density at radius 3 is 3.09 bits per heavy atom. The molecule has 1 saturated heterocycles. The molecule has 3 aliphatic rings. The maximum absolute atomic E-state index is 13.3. The van der Waals surface area contributed by atoms with Gasteiger partial charge in [0.15, 0.2) is 0 Å². The molecular formula is C25H31N5O4. The Balaban J connectivity index is 1.22. The fourth-order valence-corrected chi connectivity index (χ4v) is 5.18. The third-order valence-electron chi connectivity index (χ3n) is 6.95. The van der Waals surface area contributed by atoms with Gasteiger partial charge < -0.3 is 25.4 Å². The Kier molecular flexibility index (Phi) is 6.51. The quantitative estimate of drug-likeness (QED) is 0.545. The highest BCUT2D eigenvalue weighted by molar-refractivity contribution is 5.82. The number of aryl methyl sites for hydroxylation is 2. The number of carboxylic acid groups (broad SMARTS) is 1. The van der Waals surface area contributed by atoms with E-state index >= 15 is 0 Å². The molecule has 9 heteroatoms. The number of fused-ring (bicyclic) bond motifs is 2. The third-order valence-corrected chi connectivity index (χ3v) is 6.95. The van der Waals surface area contributed by atoms with Crippen LogP contribution in [0.25, 0.3) is 0 Å². The summed E-state index contributed by atoms with van der Waals surface area (Å²) in [6, 6.07) is 5.59. The number of likely N-dealkylation sites (tertiary alicyclic amines) is 1. The smallest absolute Gasteiger partial charge is 0.305 e. The summed E-state index contributed by atoms with van der Waals surface area (Å²) in [7, 11) is 0. The van der Waals surface area contributed by atoms with E-state index in [4.69, 9.17) is 9.72 Å². The average Bonchev–Trinajstić information content (AvgIpc) is 3.22. The second-order valence-electron chi connectivity index (χ2n) is 9.26.